The summed E-state index contributed by atoms with van der Waals surface area (Å²) in [7, 11) is 1.94. The van der Waals surface area contributed by atoms with Crippen molar-refractivity contribution in [1.82, 2.24) is 9.78 Å². The van der Waals surface area contributed by atoms with Gasteiger partial charge in [0.05, 0.1) is 5.69 Å². The van der Waals surface area contributed by atoms with Gasteiger partial charge in [0.1, 0.15) is 5.67 Å². The van der Waals surface area contributed by atoms with Crippen molar-refractivity contribution < 1.29 is 4.39 Å². The molecule has 1 unspecified atom stereocenters. The SMILES string of the molecule is Cc1nn(C)c2c1CC(C)(F)CC2. The van der Waals surface area contributed by atoms with Crippen molar-refractivity contribution in [2.24, 2.45) is 7.05 Å². The highest BCUT2D eigenvalue weighted by molar-refractivity contribution is 5.30. The lowest BCUT2D eigenvalue weighted by atomic mass is 9.85. The third-order valence-electron chi connectivity index (χ3n) is 2.90. The molecule has 13 heavy (non-hydrogen) atoms. The topological polar surface area (TPSA) is 17.8 Å². The van der Waals surface area contributed by atoms with Gasteiger partial charge in [0.2, 0.25) is 0 Å². The summed E-state index contributed by atoms with van der Waals surface area (Å²) in [6.07, 6.45) is 1.97. The third kappa shape index (κ3) is 1.36. The van der Waals surface area contributed by atoms with Crippen molar-refractivity contribution in [2.45, 2.75) is 38.8 Å². The summed E-state index contributed by atoms with van der Waals surface area (Å²) >= 11 is 0. The van der Waals surface area contributed by atoms with Crippen LogP contribution in [0.5, 0.6) is 0 Å². The van der Waals surface area contributed by atoms with Crippen molar-refractivity contribution in [3.8, 4) is 0 Å². The minimum absolute atomic E-state index is 0.530. The highest BCUT2D eigenvalue weighted by atomic mass is 19.1. The van der Waals surface area contributed by atoms with Gasteiger partial charge in [0, 0.05) is 19.2 Å². The molecular weight excluding hydrogens is 167 g/mol. The summed E-state index contributed by atoms with van der Waals surface area (Å²) < 4.78 is 15.6. The number of hydrogen-bond donors (Lipinski definition) is 0. The molecule has 1 aliphatic carbocycles. The Morgan fingerprint density at radius 3 is 2.92 bits per heavy atom. The molecule has 0 aliphatic heterocycles. The maximum Gasteiger partial charge on any atom is 0.112 e. The van der Waals surface area contributed by atoms with Crippen LogP contribution in [-0.4, -0.2) is 15.4 Å². The number of alkyl halides is 1. The van der Waals surface area contributed by atoms with E-state index in [2.05, 4.69) is 5.10 Å². The fourth-order valence-corrected chi connectivity index (χ4v) is 2.13. The Morgan fingerprint density at radius 1 is 1.54 bits per heavy atom. The Balaban J connectivity index is 2.45. The second-order valence-corrected chi connectivity index (χ2v) is 4.22. The van der Waals surface area contributed by atoms with Gasteiger partial charge in [-0.1, -0.05) is 0 Å². The van der Waals surface area contributed by atoms with Crippen molar-refractivity contribution >= 4 is 0 Å². The first kappa shape index (κ1) is 8.73. The predicted molar refractivity (Wildman–Crippen MR) is 49.5 cm³/mol. The van der Waals surface area contributed by atoms with Crippen LogP contribution in [-0.2, 0) is 19.9 Å². The Morgan fingerprint density at radius 2 is 2.23 bits per heavy atom. The predicted octanol–water partition coefficient (Wildman–Crippen LogP) is 1.95. The first-order chi connectivity index (χ1) is 5.99. The molecule has 1 aromatic rings. The van der Waals surface area contributed by atoms with E-state index in [1.165, 1.54) is 5.69 Å². The molecule has 0 saturated carbocycles. The lowest BCUT2D eigenvalue weighted by Crippen LogP contribution is -2.28. The lowest BCUT2D eigenvalue weighted by molar-refractivity contribution is 0.165. The van der Waals surface area contributed by atoms with Gasteiger partial charge < -0.3 is 0 Å². The fraction of sp³-hybridized carbons (Fsp3) is 0.700. The molecule has 0 spiro atoms. The van der Waals surface area contributed by atoms with E-state index >= 15 is 0 Å². The monoisotopic (exact) mass is 182 g/mol. The molecule has 1 aromatic heterocycles. The zero-order chi connectivity index (χ0) is 9.64. The number of nitrogens with zero attached hydrogens (tertiary/aromatic N) is 2. The van der Waals surface area contributed by atoms with Gasteiger partial charge in [-0.05, 0) is 32.3 Å². The van der Waals surface area contributed by atoms with E-state index < -0.39 is 5.67 Å². The zero-order valence-electron chi connectivity index (χ0n) is 8.39. The van der Waals surface area contributed by atoms with Gasteiger partial charge in [-0.25, -0.2) is 4.39 Å². The van der Waals surface area contributed by atoms with Crippen LogP contribution in [0.15, 0.2) is 0 Å². The zero-order valence-corrected chi connectivity index (χ0v) is 8.39. The Labute approximate surface area is 77.8 Å². The Bertz CT molecular complexity index is 339. The second-order valence-electron chi connectivity index (χ2n) is 4.22. The number of aryl methyl sites for hydroxylation is 2. The first-order valence-electron chi connectivity index (χ1n) is 4.70. The second kappa shape index (κ2) is 2.56. The molecule has 3 heteroatoms. The van der Waals surface area contributed by atoms with Gasteiger partial charge in [-0.3, -0.25) is 4.68 Å². The summed E-state index contributed by atoms with van der Waals surface area (Å²) in [5.41, 5.74) is 2.30. The number of hydrogen-bond acceptors (Lipinski definition) is 1. The summed E-state index contributed by atoms with van der Waals surface area (Å²) in [5.74, 6) is 0. The average Bonchev–Trinajstić information content (AvgIpc) is 2.26. The van der Waals surface area contributed by atoms with E-state index in [0.717, 1.165) is 17.7 Å². The number of fused-ring (bicyclic) bond motifs is 1. The van der Waals surface area contributed by atoms with Gasteiger partial charge >= 0.3 is 0 Å². The van der Waals surface area contributed by atoms with Crippen LogP contribution in [0, 0.1) is 6.92 Å². The molecule has 1 atom stereocenters. The van der Waals surface area contributed by atoms with Crippen LogP contribution in [0.4, 0.5) is 4.39 Å². The standard InChI is InChI=1S/C10H15FN2/c1-7-8-6-10(2,11)5-4-9(8)13(3)12-7/h4-6H2,1-3H3. The molecule has 0 saturated heterocycles. The molecule has 0 radical (unpaired) electrons. The molecular formula is C10H15FN2. The number of aromatic nitrogens is 2. The molecule has 0 fully saturated rings. The van der Waals surface area contributed by atoms with Crippen molar-refractivity contribution in [1.29, 1.82) is 0 Å². The molecule has 72 valence electrons. The van der Waals surface area contributed by atoms with E-state index in [9.17, 15) is 4.39 Å². The smallest absolute Gasteiger partial charge is 0.112 e. The van der Waals surface area contributed by atoms with Crippen molar-refractivity contribution in [3.63, 3.8) is 0 Å². The third-order valence-corrected chi connectivity index (χ3v) is 2.90. The van der Waals surface area contributed by atoms with Crippen LogP contribution in [0.2, 0.25) is 0 Å². The summed E-state index contributed by atoms with van der Waals surface area (Å²) in [6, 6.07) is 0. The molecule has 0 amide bonds. The van der Waals surface area contributed by atoms with Crippen LogP contribution in [0.25, 0.3) is 0 Å². The van der Waals surface area contributed by atoms with Crippen molar-refractivity contribution in [3.05, 3.63) is 17.0 Å². The van der Waals surface area contributed by atoms with Gasteiger partial charge in [-0.15, -0.1) is 0 Å². The minimum Gasteiger partial charge on any atom is -0.272 e. The van der Waals surface area contributed by atoms with Crippen molar-refractivity contribution in [2.75, 3.05) is 0 Å². The highest BCUT2D eigenvalue weighted by Crippen LogP contribution is 2.32. The molecule has 0 bridgehead atoms. The van der Waals surface area contributed by atoms with Gasteiger partial charge in [-0.2, -0.15) is 5.10 Å². The molecule has 2 rings (SSSR count). The van der Waals surface area contributed by atoms with E-state index in [1.54, 1.807) is 6.92 Å². The molecule has 0 aromatic carbocycles. The lowest BCUT2D eigenvalue weighted by Gasteiger charge is -2.25. The van der Waals surface area contributed by atoms with Gasteiger partial charge in [0.25, 0.3) is 0 Å². The average molecular weight is 182 g/mol. The number of rotatable bonds is 0. The van der Waals surface area contributed by atoms with Crippen LogP contribution < -0.4 is 0 Å². The molecule has 1 heterocycles. The van der Waals surface area contributed by atoms with E-state index in [1.807, 2.05) is 18.7 Å². The van der Waals surface area contributed by atoms with E-state index in [-0.39, 0.29) is 0 Å². The molecule has 1 aliphatic rings. The minimum atomic E-state index is -1.03. The summed E-state index contributed by atoms with van der Waals surface area (Å²) in [4.78, 5) is 0. The van der Waals surface area contributed by atoms with Gasteiger partial charge in [0.15, 0.2) is 0 Å². The quantitative estimate of drug-likeness (QED) is 0.599. The Kier molecular flexibility index (Phi) is 1.72. The van der Waals surface area contributed by atoms with E-state index in [0.29, 0.717) is 12.8 Å². The fourth-order valence-electron chi connectivity index (χ4n) is 2.13. The maximum absolute atomic E-state index is 13.7. The molecule has 0 N–H and O–H groups in total. The Hall–Kier alpha value is -0.860. The van der Waals surface area contributed by atoms with E-state index in [4.69, 9.17) is 0 Å². The highest BCUT2D eigenvalue weighted by Gasteiger charge is 2.32. The number of halogens is 1. The van der Waals surface area contributed by atoms with Crippen LogP contribution >= 0.6 is 0 Å². The maximum atomic E-state index is 13.7. The first-order valence-corrected chi connectivity index (χ1v) is 4.70. The largest absolute Gasteiger partial charge is 0.272 e. The van der Waals surface area contributed by atoms with Crippen LogP contribution in [0.3, 0.4) is 0 Å². The van der Waals surface area contributed by atoms with Crippen LogP contribution in [0.1, 0.15) is 30.3 Å². The normalized spacial score (nSPS) is 27.4. The molecule has 2 nitrogen and oxygen atoms in total. The summed E-state index contributed by atoms with van der Waals surface area (Å²) in [5, 5.41) is 4.31. The summed E-state index contributed by atoms with van der Waals surface area (Å²) in [6.45, 7) is 3.64.